The lowest BCUT2D eigenvalue weighted by Gasteiger charge is -2.06. The number of nitrogens with zero attached hydrogens (tertiary/aromatic N) is 2. The Kier molecular flexibility index (Phi) is 5.07. The Bertz CT molecular complexity index is 1310. The molecule has 4 rings (SSSR count). The van der Waals surface area contributed by atoms with E-state index in [0.29, 0.717) is 17.0 Å². The normalized spacial score (nSPS) is 12.0. The first-order valence-corrected chi connectivity index (χ1v) is 10.2. The van der Waals surface area contributed by atoms with Crippen molar-refractivity contribution < 1.29 is 14.3 Å². The van der Waals surface area contributed by atoms with Crippen LogP contribution in [0.25, 0.3) is 21.1 Å². The van der Waals surface area contributed by atoms with Crippen molar-refractivity contribution in [2.24, 2.45) is 4.99 Å². The predicted molar refractivity (Wildman–Crippen MR) is 114 cm³/mol. The number of amides is 1. The van der Waals surface area contributed by atoms with Crippen molar-refractivity contribution in [3.8, 4) is 0 Å². The van der Waals surface area contributed by atoms with E-state index in [1.54, 1.807) is 17.7 Å². The summed E-state index contributed by atoms with van der Waals surface area (Å²) in [4.78, 5) is 33.1. The highest BCUT2D eigenvalue weighted by atomic mass is 32.1. The lowest BCUT2D eigenvalue weighted by Crippen LogP contribution is -2.23. The molecule has 29 heavy (non-hydrogen) atoms. The third kappa shape index (κ3) is 3.61. The van der Waals surface area contributed by atoms with Crippen LogP contribution in [0.15, 0.2) is 47.6 Å². The number of aromatic amines is 1. The second-order valence-corrected chi connectivity index (χ2v) is 7.85. The molecule has 0 aliphatic heterocycles. The largest absolute Gasteiger partial charge is 0.465 e. The number of rotatable bonds is 4. The van der Waals surface area contributed by atoms with E-state index < -0.39 is 0 Å². The predicted octanol–water partition coefficient (Wildman–Crippen LogP) is 4.11. The van der Waals surface area contributed by atoms with Gasteiger partial charge >= 0.3 is 5.97 Å². The van der Waals surface area contributed by atoms with Gasteiger partial charge in [0.05, 0.1) is 22.4 Å². The molecule has 1 amide bonds. The number of esters is 1. The molecule has 2 aromatic carbocycles. The Balaban J connectivity index is 1.87. The van der Waals surface area contributed by atoms with Crippen LogP contribution in [0.3, 0.4) is 0 Å². The number of H-pyrrole nitrogens is 1. The molecule has 0 aliphatic carbocycles. The molecule has 0 saturated carbocycles. The maximum Gasteiger partial charge on any atom is 0.326 e. The summed E-state index contributed by atoms with van der Waals surface area (Å²) < 4.78 is 7.86. The molecule has 0 radical (unpaired) electrons. The van der Waals surface area contributed by atoms with Crippen LogP contribution in [0.2, 0.25) is 0 Å². The van der Waals surface area contributed by atoms with E-state index in [0.717, 1.165) is 32.2 Å². The van der Waals surface area contributed by atoms with Gasteiger partial charge in [-0.05, 0) is 50.1 Å². The minimum atomic E-state index is -0.355. The molecule has 1 N–H and O–H groups in total. The first kappa shape index (κ1) is 19.1. The molecule has 0 aliphatic rings. The molecular weight excluding hydrogens is 386 g/mol. The first-order valence-electron chi connectivity index (χ1n) is 9.39. The summed E-state index contributed by atoms with van der Waals surface area (Å²) in [5, 5.41) is 0.825. The Morgan fingerprint density at radius 1 is 1.17 bits per heavy atom. The number of nitrogens with one attached hydrogen (secondary N) is 1. The Hall–Kier alpha value is -3.19. The number of hydrogen-bond donors (Lipinski definition) is 1. The SMILES string of the molecule is CCOC(=O)Cn1c(=NC(=O)c2c[nH]c3ccccc23)sc2cc(C)c(C)cc21. The van der Waals surface area contributed by atoms with Crippen molar-refractivity contribution in [3.63, 3.8) is 0 Å². The summed E-state index contributed by atoms with van der Waals surface area (Å²) in [5.74, 6) is -0.702. The zero-order valence-corrected chi connectivity index (χ0v) is 17.3. The fraction of sp³-hybridized carbons (Fsp3) is 0.227. The minimum Gasteiger partial charge on any atom is -0.465 e. The van der Waals surface area contributed by atoms with E-state index in [-0.39, 0.29) is 18.4 Å². The maximum absolute atomic E-state index is 13.0. The highest BCUT2D eigenvalue weighted by Crippen LogP contribution is 2.23. The van der Waals surface area contributed by atoms with Gasteiger partial charge in [0.25, 0.3) is 5.91 Å². The Morgan fingerprint density at radius 3 is 2.72 bits per heavy atom. The molecule has 0 bridgehead atoms. The van der Waals surface area contributed by atoms with Crippen LogP contribution in [-0.4, -0.2) is 28.0 Å². The van der Waals surface area contributed by atoms with E-state index in [4.69, 9.17) is 4.74 Å². The van der Waals surface area contributed by atoms with Gasteiger partial charge in [0.1, 0.15) is 6.54 Å². The highest BCUT2D eigenvalue weighted by Gasteiger charge is 2.15. The first-order chi connectivity index (χ1) is 14.0. The second-order valence-electron chi connectivity index (χ2n) is 6.84. The number of hydrogen-bond acceptors (Lipinski definition) is 4. The van der Waals surface area contributed by atoms with Gasteiger partial charge in [-0.25, -0.2) is 0 Å². The molecule has 0 fully saturated rings. The zero-order valence-electron chi connectivity index (χ0n) is 16.5. The van der Waals surface area contributed by atoms with Crippen LogP contribution in [0, 0.1) is 13.8 Å². The molecular formula is C22H21N3O3S. The van der Waals surface area contributed by atoms with Crippen molar-refractivity contribution in [1.29, 1.82) is 0 Å². The van der Waals surface area contributed by atoms with Gasteiger partial charge in [-0.3, -0.25) is 9.59 Å². The van der Waals surface area contributed by atoms with Gasteiger partial charge in [-0.15, -0.1) is 0 Å². The maximum atomic E-state index is 13.0. The average molecular weight is 407 g/mol. The average Bonchev–Trinajstić information content (AvgIpc) is 3.25. The number of ether oxygens (including phenoxy) is 1. The summed E-state index contributed by atoms with van der Waals surface area (Å²) in [6.45, 7) is 6.15. The number of carbonyl (C=O) groups is 2. The summed E-state index contributed by atoms with van der Waals surface area (Å²) in [6.07, 6.45) is 1.67. The second kappa shape index (κ2) is 7.67. The summed E-state index contributed by atoms with van der Waals surface area (Å²) in [5.41, 5.74) is 4.52. The van der Waals surface area contributed by atoms with Crippen LogP contribution >= 0.6 is 11.3 Å². The minimum absolute atomic E-state index is 0.0103. The van der Waals surface area contributed by atoms with Gasteiger partial charge in [-0.2, -0.15) is 4.99 Å². The number of para-hydroxylation sites is 1. The summed E-state index contributed by atoms with van der Waals surface area (Å²) in [7, 11) is 0. The Morgan fingerprint density at radius 2 is 1.93 bits per heavy atom. The monoisotopic (exact) mass is 407 g/mol. The van der Waals surface area contributed by atoms with Gasteiger partial charge < -0.3 is 14.3 Å². The topological polar surface area (TPSA) is 76.5 Å². The lowest BCUT2D eigenvalue weighted by molar-refractivity contribution is -0.143. The Labute approximate surface area is 171 Å². The molecule has 0 spiro atoms. The van der Waals surface area contributed by atoms with Crippen LogP contribution in [0.5, 0.6) is 0 Å². The van der Waals surface area contributed by atoms with Crippen molar-refractivity contribution in [3.05, 3.63) is 64.1 Å². The van der Waals surface area contributed by atoms with Gasteiger partial charge in [0, 0.05) is 17.1 Å². The van der Waals surface area contributed by atoms with Gasteiger partial charge in [0.15, 0.2) is 4.80 Å². The van der Waals surface area contributed by atoms with Gasteiger partial charge in [0.2, 0.25) is 0 Å². The molecule has 7 heteroatoms. The number of aromatic nitrogens is 2. The van der Waals surface area contributed by atoms with Gasteiger partial charge in [-0.1, -0.05) is 29.5 Å². The number of aryl methyl sites for hydroxylation is 2. The van der Waals surface area contributed by atoms with E-state index in [1.165, 1.54) is 11.3 Å². The van der Waals surface area contributed by atoms with E-state index in [1.807, 2.05) is 44.2 Å². The molecule has 6 nitrogen and oxygen atoms in total. The van der Waals surface area contributed by atoms with Crippen molar-refractivity contribution >= 4 is 44.3 Å². The smallest absolute Gasteiger partial charge is 0.326 e. The zero-order chi connectivity index (χ0) is 20.5. The number of thiazole rings is 1. The molecule has 2 aromatic heterocycles. The third-order valence-electron chi connectivity index (χ3n) is 4.91. The fourth-order valence-electron chi connectivity index (χ4n) is 3.29. The van der Waals surface area contributed by atoms with E-state index in [9.17, 15) is 9.59 Å². The summed E-state index contributed by atoms with van der Waals surface area (Å²) >= 11 is 1.40. The van der Waals surface area contributed by atoms with Crippen molar-refractivity contribution in [2.45, 2.75) is 27.3 Å². The highest BCUT2D eigenvalue weighted by molar-refractivity contribution is 7.16. The van der Waals surface area contributed by atoms with Crippen LogP contribution in [0.4, 0.5) is 0 Å². The standard InChI is InChI=1S/C22H21N3O3S/c1-4-28-20(26)12-25-18-9-13(2)14(3)10-19(18)29-22(25)24-21(27)16-11-23-17-8-6-5-7-15(16)17/h5-11,23H,4,12H2,1-3H3. The molecule has 0 unspecified atom stereocenters. The van der Waals surface area contributed by atoms with Crippen LogP contribution in [0.1, 0.15) is 28.4 Å². The molecule has 0 saturated heterocycles. The molecule has 4 aromatic rings. The molecule has 2 heterocycles. The lowest BCUT2D eigenvalue weighted by atomic mass is 10.1. The van der Waals surface area contributed by atoms with E-state index >= 15 is 0 Å². The fourth-order valence-corrected chi connectivity index (χ4v) is 4.40. The number of carbonyl (C=O) groups excluding carboxylic acids is 2. The van der Waals surface area contributed by atoms with Crippen molar-refractivity contribution in [1.82, 2.24) is 9.55 Å². The molecule has 0 atom stereocenters. The number of benzene rings is 2. The van der Waals surface area contributed by atoms with Crippen LogP contribution in [-0.2, 0) is 16.1 Å². The summed E-state index contributed by atoms with van der Waals surface area (Å²) in [6, 6.07) is 11.7. The van der Waals surface area contributed by atoms with Crippen molar-refractivity contribution in [2.75, 3.05) is 6.61 Å². The number of fused-ring (bicyclic) bond motifs is 2. The third-order valence-corrected chi connectivity index (χ3v) is 5.95. The molecule has 148 valence electrons. The van der Waals surface area contributed by atoms with Crippen LogP contribution < -0.4 is 4.80 Å². The quantitative estimate of drug-likeness (QED) is 0.517. The van der Waals surface area contributed by atoms with E-state index in [2.05, 4.69) is 16.0 Å².